The fraction of sp³-hybridized carbons (Fsp3) is 0.909. The van der Waals surface area contributed by atoms with Gasteiger partial charge in [-0.2, -0.15) is 5.26 Å². The van der Waals surface area contributed by atoms with E-state index in [0.29, 0.717) is 5.92 Å². The van der Waals surface area contributed by atoms with Crippen molar-refractivity contribution in [3.63, 3.8) is 0 Å². The van der Waals surface area contributed by atoms with Crippen molar-refractivity contribution >= 4 is 0 Å². The van der Waals surface area contributed by atoms with Gasteiger partial charge in [-0.1, -0.05) is 19.3 Å². The van der Waals surface area contributed by atoms with Gasteiger partial charge in [-0.25, -0.2) is 0 Å². The van der Waals surface area contributed by atoms with Gasteiger partial charge in [-0.05, 0) is 32.6 Å². The van der Waals surface area contributed by atoms with Gasteiger partial charge in [0.05, 0.1) is 17.6 Å². The molecule has 2 atom stereocenters. The average Bonchev–Trinajstić information content (AvgIpc) is 2.18. The van der Waals surface area contributed by atoms with E-state index in [1.807, 2.05) is 13.8 Å². The molecule has 2 unspecified atom stereocenters. The summed E-state index contributed by atoms with van der Waals surface area (Å²) in [4.78, 5) is 0. The van der Waals surface area contributed by atoms with Crippen LogP contribution in [0.5, 0.6) is 0 Å². The molecule has 0 aromatic carbocycles. The van der Waals surface area contributed by atoms with Gasteiger partial charge in [0.1, 0.15) is 0 Å². The van der Waals surface area contributed by atoms with E-state index in [4.69, 9.17) is 5.26 Å². The number of nitriles is 1. The SMILES string of the molecule is CC(C#N)C(C)(O)C1CCCCC1. The van der Waals surface area contributed by atoms with E-state index >= 15 is 0 Å². The second-order valence-electron chi connectivity index (χ2n) is 4.41. The Balaban J connectivity index is 2.62. The van der Waals surface area contributed by atoms with E-state index in [9.17, 15) is 5.11 Å². The Hall–Kier alpha value is -0.550. The lowest BCUT2D eigenvalue weighted by Crippen LogP contribution is -2.41. The summed E-state index contributed by atoms with van der Waals surface area (Å²) in [6.07, 6.45) is 5.86. The topological polar surface area (TPSA) is 44.0 Å². The van der Waals surface area contributed by atoms with Crippen LogP contribution in [0.15, 0.2) is 0 Å². The first kappa shape index (κ1) is 10.5. The molecule has 1 aliphatic carbocycles. The predicted octanol–water partition coefficient (Wildman–Crippen LogP) is 2.48. The zero-order valence-corrected chi connectivity index (χ0v) is 8.58. The molecule has 74 valence electrons. The van der Waals surface area contributed by atoms with Crippen molar-refractivity contribution in [2.24, 2.45) is 11.8 Å². The summed E-state index contributed by atoms with van der Waals surface area (Å²) in [6, 6.07) is 2.15. The summed E-state index contributed by atoms with van der Waals surface area (Å²) in [7, 11) is 0. The average molecular weight is 181 g/mol. The standard InChI is InChI=1S/C11H19NO/c1-9(8-12)11(2,13)10-6-4-3-5-7-10/h9-10,13H,3-7H2,1-2H3. The lowest BCUT2D eigenvalue weighted by atomic mass is 9.72. The van der Waals surface area contributed by atoms with Crippen molar-refractivity contribution in [3.8, 4) is 6.07 Å². The van der Waals surface area contributed by atoms with Gasteiger partial charge in [0.15, 0.2) is 0 Å². The van der Waals surface area contributed by atoms with Crippen molar-refractivity contribution in [2.45, 2.75) is 51.6 Å². The molecule has 1 saturated carbocycles. The summed E-state index contributed by atoms with van der Waals surface area (Å²) >= 11 is 0. The molecule has 0 aromatic heterocycles. The molecule has 0 radical (unpaired) electrons. The van der Waals surface area contributed by atoms with E-state index in [2.05, 4.69) is 6.07 Å². The molecule has 2 heteroatoms. The molecule has 0 aliphatic heterocycles. The first-order chi connectivity index (χ1) is 6.09. The fourth-order valence-corrected chi connectivity index (χ4v) is 2.17. The van der Waals surface area contributed by atoms with E-state index in [1.165, 1.54) is 19.3 Å². The molecule has 0 bridgehead atoms. The van der Waals surface area contributed by atoms with Gasteiger partial charge >= 0.3 is 0 Å². The summed E-state index contributed by atoms with van der Waals surface area (Å²) < 4.78 is 0. The molecule has 1 N–H and O–H groups in total. The van der Waals surface area contributed by atoms with Gasteiger partial charge in [-0.15, -0.1) is 0 Å². The Morgan fingerprint density at radius 3 is 2.38 bits per heavy atom. The molecule has 0 amide bonds. The van der Waals surface area contributed by atoms with E-state index in [1.54, 1.807) is 0 Å². The third-order valence-electron chi connectivity index (χ3n) is 3.50. The van der Waals surface area contributed by atoms with Crippen LogP contribution in [0, 0.1) is 23.2 Å². The minimum Gasteiger partial charge on any atom is -0.389 e. The minimum absolute atomic E-state index is 0.254. The van der Waals surface area contributed by atoms with Crippen molar-refractivity contribution in [1.82, 2.24) is 0 Å². The second kappa shape index (κ2) is 4.11. The Morgan fingerprint density at radius 2 is 1.92 bits per heavy atom. The van der Waals surface area contributed by atoms with Crippen LogP contribution in [0.25, 0.3) is 0 Å². The zero-order valence-electron chi connectivity index (χ0n) is 8.58. The Bertz CT molecular complexity index is 199. The number of rotatable bonds is 2. The smallest absolute Gasteiger partial charge is 0.0802 e. The van der Waals surface area contributed by atoms with Crippen molar-refractivity contribution in [3.05, 3.63) is 0 Å². The number of hydrogen-bond acceptors (Lipinski definition) is 2. The highest BCUT2D eigenvalue weighted by molar-refractivity contribution is 4.97. The highest BCUT2D eigenvalue weighted by Gasteiger charge is 2.37. The molecule has 1 aliphatic rings. The molecule has 13 heavy (non-hydrogen) atoms. The van der Waals surface area contributed by atoms with Crippen LogP contribution >= 0.6 is 0 Å². The minimum atomic E-state index is -0.783. The maximum Gasteiger partial charge on any atom is 0.0802 e. The molecule has 2 nitrogen and oxygen atoms in total. The van der Waals surface area contributed by atoms with Crippen LogP contribution in [0.2, 0.25) is 0 Å². The molecule has 0 heterocycles. The van der Waals surface area contributed by atoms with Gasteiger partial charge in [-0.3, -0.25) is 0 Å². The van der Waals surface area contributed by atoms with Crippen molar-refractivity contribution < 1.29 is 5.11 Å². The molecule has 0 spiro atoms. The molecule has 0 saturated heterocycles. The summed E-state index contributed by atoms with van der Waals surface area (Å²) in [6.45, 7) is 3.63. The van der Waals surface area contributed by atoms with Crippen LogP contribution in [0.1, 0.15) is 46.0 Å². The zero-order chi connectivity index (χ0) is 9.90. The third kappa shape index (κ3) is 2.22. The second-order valence-corrected chi connectivity index (χ2v) is 4.41. The lowest BCUT2D eigenvalue weighted by Gasteiger charge is -2.37. The maximum atomic E-state index is 10.2. The number of hydrogen-bond donors (Lipinski definition) is 1. The summed E-state index contributed by atoms with van der Waals surface area (Å²) in [5.41, 5.74) is -0.783. The predicted molar refractivity (Wildman–Crippen MR) is 52.0 cm³/mol. The van der Waals surface area contributed by atoms with Crippen LogP contribution in [0.3, 0.4) is 0 Å². The van der Waals surface area contributed by atoms with E-state index in [0.717, 1.165) is 12.8 Å². The van der Waals surface area contributed by atoms with Gasteiger partial charge in [0, 0.05) is 0 Å². The Morgan fingerprint density at radius 1 is 1.38 bits per heavy atom. The van der Waals surface area contributed by atoms with E-state index < -0.39 is 5.60 Å². The van der Waals surface area contributed by atoms with E-state index in [-0.39, 0.29) is 5.92 Å². The number of aliphatic hydroxyl groups is 1. The Kier molecular flexibility index (Phi) is 3.33. The largest absolute Gasteiger partial charge is 0.389 e. The first-order valence-electron chi connectivity index (χ1n) is 5.21. The van der Waals surface area contributed by atoms with Crippen molar-refractivity contribution in [2.75, 3.05) is 0 Å². The maximum absolute atomic E-state index is 10.2. The highest BCUT2D eigenvalue weighted by Crippen LogP contribution is 2.36. The van der Waals surface area contributed by atoms with Crippen LogP contribution in [0.4, 0.5) is 0 Å². The molecular weight excluding hydrogens is 162 g/mol. The molecular formula is C11H19NO. The van der Waals surface area contributed by atoms with Crippen LogP contribution in [-0.2, 0) is 0 Å². The summed E-state index contributed by atoms with van der Waals surface area (Å²) in [5, 5.41) is 19.0. The van der Waals surface area contributed by atoms with Gasteiger partial charge < -0.3 is 5.11 Å². The Labute approximate surface area is 80.6 Å². The van der Waals surface area contributed by atoms with Crippen LogP contribution in [-0.4, -0.2) is 10.7 Å². The first-order valence-corrected chi connectivity index (χ1v) is 5.21. The normalized spacial score (nSPS) is 26.0. The monoisotopic (exact) mass is 181 g/mol. The fourth-order valence-electron chi connectivity index (χ4n) is 2.17. The molecule has 0 aromatic rings. The molecule has 1 rings (SSSR count). The van der Waals surface area contributed by atoms with Crippen LogP contribution < -0.4 is 0 Å². The lowest BCUT2D eigenvalue weighted by molar-refractivity contribution is -0.0433. The highest BCUT2D eigenvalue weighted by atomic mass is 16.3. The quantitative estimate of drug-likeness (QED) is 0.711. The van der Waals surface area contributed by atoms with Crippen molar-refractivity contribution in [1.29, 1.82) is 5.26 Å². The number of nitrogens with zero attached hydrogens (tertiary/aromatic N) is 1. The summed E-state index contributed by atoms with van der Waals surface area (Å²) in [5.74, 6) is 0.0755. The van der Waals surface area contributed by atoms with Gasteiger partial charge in [0.25, 0.3) is 0 Å². The molecule has 1 fully saturated rings. The third-order valence-corrected chi connectivity index (χ3v) is 3.50. The van der Waals surface area contributed by atoms with Gasteiger partial charge in [0.2, 0.25) is 0 Å².